The summed E-state index contributed by atoms with van der Waals surface area (Å²) in [5.41, 5.74) is 0.0542. The molecule has 6 nitrogen and oxygen atoms in total. The van der Waals surface area contributed by atoms with Gasteiger partial charge in [0.1, 0.15) is 12.9 Å². The fraction of sp³-hybridized carbons (Fsp3) is 0.739. The van der Waals surface area contributed by atoms with E-state index >= 15 is 0 Å². The van der Waals surface area contributed by atoms with Crippen molar-refractivity contribution in [2.75, 3.05) is 6.61 Å². The fourth-order valence-electron chi connectivity index (χ4n) is 7.34. The summed E-state index contributed by atoms with van der Waals surface area (Å²) in [5, 5.41) is 11.3. The molecule has 0 aliphatic heterocycles. The van der Waals surface area contributed by atoms with Crippen molar-refractivity contribution < 1.29 is 29.0 Å². The van der Waals surface area contributed by atoms with Gasteiger partial charge in [-0.2, -0.15) is 0 Å². The zero-order chi connectivity index (χ0) is 21.0. The number of aliphatic hydroxyl groups excluding tert-OH is 1. The van der Waals surface area contributed by atoms with Crippen molar-refractivity contribution in [3.8, 4) is 0 Å². The molecule has 4 rings (SSSR count). The molecule has 0 aromatic rings. The van der Waals surface area contributed by atoms with Crippen LogP contribution in [0.15, 0.2) is 11.6 Å². The first-order valence-corrected chi connectivity index (χ1v) is 10.8. The predicted octanol–water partition coefficient (Wildman–Crippen LogP) is 2.42. The molecule has 4 aliphatic carbocycles. The van der Waals surface area contributed by atoms with Crippen LogP contribution in [0, 0.1) is 34.5 Å². The zero-order valence-corrected chi connectivity index (χ0v) is 17.2. The van der Waals surface area contributed by atoms with E-state index < -0.39 is 23.4 Å². The second-order valence-electron chi connectivity index (χ2n) is 9.77. The van der Waals surface area contributed by atoms with Gasteiger partial charge >= 0.3 is 5.97 Å². The Hall–Kier alpha value is -1.82. The SMILES string of the molecule is CC(=O)OCC(=O)C1CCC2C3CCC4=CC(=O)CCC4(C)C3C(O)CC12C=O. The van der Waals surface area contributed by atoms with Crippen LogP contribution in [0.25, 0.3) is 0 Å². The Labute approximate surface area is 171 Å². The van der Waals surface area contributed by atoms with Crippen LogP contribution in [0.2, 0.25) is 0 Å². The third-order valence-corrected chi connectivity index (χ3v) is 8.53. The Bertz CT molecular complexity index is 784. The average molecular weight is 402 g/mol. The zero-order valence-electron chi connectivity index (χ0n) is 17.2. The van der Waals surface area contributed by atoms with Gasteiger partial charge in [0.2, 0.25) is 0 Å². The number of Topliss-reactive ketones (excluding diaryl/α,β-unsaturated/α-hetero) is 1. The summed E-state index contributed by atoms with van der Waals surface area (Å²) in [6.07, 6.45) is 6.55. The van der Waals surface area contributed by atoms with E-state index in [9.17, 15) is 24.3 Å². The highest BCUT2D eigenvalue weighted by Gasteiger charge is 2.64. The number of hydrogen-bond acceptors (Lipinski definition) is 6. The Morgan fingerprint density at radius 3 is 2.72 bits per heavy atom. The van der Waals surface area contributed by atoms with Crippen molar-refractivity contribution >= 4 is 23.8 Å². The molecule has 6 heteroatoms. The lowest BCUT2D eigenvalue weighted by atomic mass is 9.45. The van der Waals surface area contributed by atoms with Gasteiger partial charge < -0.3 is 14.6 Å². The van der Waals surface area contributed by atoms with Crippen LogP contribution in [0.3, 0.4) is 0 Å². The number of aldehydes is 1. The van der Waals surface area contributed by atoms with Crippen LogP contribution in [-0.4, -0.2) is 41.6 Å². The number of carbonyl (C=O) groups is 4. The number of ketones is 2. The molecule has 0 aromatic carbocycles. The molecule has 29 heavy (non-hydrogen) atoms. The molecule has 0 spiro atoms. The highest BCUT2D eigenvalue weighted by atomic mass is 16.5. The summed E-state index contributed by atoms with van der Waals surface area (Å²) in [7, 11) is 0. The summed E-state index contributed by atoms with van der Waals surface area (Å²) in [5.74, 6) is -0.843. The summed E-state index contributed by atoms with van der Waals surface area (Å²) < 4.78 is 4.91. The number of rotatable bonds is 4. The average Bonchev–Trinajstić information content (AvgIpc) is 3.06. The summed E-state index contributed by atoms with van der Waals surface area (Å²) in [4.78, 5) is 48.3. The highest BCUT2D eigenvalue weighted by molar-refractivity contribution is 5.92. The summed E-state index contributed by atoms with van der Waals surface area (Å²) >= 11 is 0. The van der Waals surface area contributed by atoms with E-state index in [0.717, 1.165) is 37.5 Å². The molecule has 0 amide bonds. The Morgan fingerprint density at radius 1 is 1.28 bits per heavy atom. The van der Waals surface area contributed by atoms with Crippen molar-refractivity contribution in [2.45, 2.75) is 64.9 Å². The fourth-order valence-corrected chi connectivity index (χ4v) is 7.34. The van der Waals surface area contributed by atoms with E-state index in [0.29, 0.717) is 12.8 Å². The lowest BCUT2D eigenvalue weighted by molar-refractivity contribution is -0.159. The molecule has 0 heterocycles. The Balaban J connectivity index is 1.65. The standard InChI is InChI=1S/C23H30O6/c1-13(25)29-11-20(28)18-6-5-17-16-4-3-14-9-15(26)7-8-22(14,2)21(16)19(27)10-23(17,18)12-24/h9,12,16-19,21,27H,3-8,10-11H2,1-2H3. The maximum atomic E-state index is 12.8. The first-order valence-electron chi connectivity index (χ1n) is 10.8. The minimum atomic E-state index is -0.875. The van der Waals surface area contributed by atoms with Gasteiger partial charge in [-0.05, 0) is 67.8 Å². The van der Waals surface area contributed by atoms with Crippen LogP contribution in [-0.2, 0) is 23.9 Å². The molecule has 158 valence electrons. The quantitative estimate of drug-likeness (QED) is 0.573. The molecule has 7 atom stereocenters. The smallest absolute Gasteiger partial charge is 0.303 e. The van der Waals surface area contributed by atoms with Gasteiger partial charge in [-0.1, -0.05) is 12.5 Å². The van der Waals surface area contributed by atoms with Crippen molar-refractivity contribution in [2.24, 2.45) is 34.5 Å². The number of allylic oxidation sites excluding steroid dienone is 1. The van der Waals surface area contributed by atoms with Crippen molar-refractivity contribution in [1.82, 2.24) is 0 Å². The number of esters is 1. The van der Waals surface area contributed by atoms with Gasteiger partial charge in [0.05, 0.1) is 6.10 Å². The molecule has 0 radical (unpaired) electrons. The van der Waals surface area contributed by atoms with Gasteiger partial charge in [0.25, 0.3) is 0 Å². The van der Waals surface area contributed by atoms with Crippen molar-refractivity contribution in [3.63, 3.8) is 0 Å². The molecular weight excluding hydrogens is 372 g/mol. The second kappa shape index (κ2) is 7.15. The van der Waals surface area contributed by atoms with Gasteiger partial charge in [0, 0.05) is 24.7 Å². The van der Waals surface area contributed by atoms with Gasteiger partial charge in [-0.25, -0.2) is 0 Å². The largest absolute Gasteiger partial charge is 0.458 e. The molecule has 3 fully saturated rings. The third-order valence-electron chi connectivity index (χ3n) is 8.53. The van der Waals surface area contributed by atoms with Gasteiger partial charge in [-0.3, -0.25) is 14.4 Å². The van der Waals surface area contributed by atoms with E-state index in [1.807, 2.05) is 0 Å². The number of fused-ring (bicyclic) bond motifs is 5. The van der Waals surface area contributed by atoms with E-state index in [4.69, 9.17) is 4.74 Å². The molecule has 4 aliphatic rings. The molecule has 7 unspecified atom stereocenters. The van der Waals surface area contributed by atoms with E-state index in [2.05, 4.69) is 6.92 Å². The van der Waals surface area contributed by atoms with E-state index in [-0.39, 0.29) is 47.8 Å². The van der Waals surface area contributed by atoms with Crippen molar-refractivity contribution in [1.29, 1.82) is 0 Å². The van der Waals surface area contributed by atoms with Crippen molar-refractivity contribution in [3.05, 3.63) is 11.6 Å². The molecule has 0 aromatic heterocycles. The van der Waals surface area contributed by atoms with Crippen LogP contribution >= 0.6 is 0 Å². The van der Waals surface area contributed by atoms with Crippen LogP contribution in [0.1, 0.15) is 58.8 Å². The van der Waals surface area contributed by atoms with Crippen LogP contribution in [0.4, 0.5) is 0 Å². The predicted molar refractivity (Wildman–Crippen MR) is 104 cm³/mol. The highest BCUT2D eigenvalue weighted by Crippen LogP contribution is 2.66. The number of ether oxygens (including phenoxy) is 1. The molecule has 0 saturated heterocycles. The maximum absolute atomic E-state index is 12.8. The topological polar surface area (TPSA) is 97.7 Å². The number of hydrogen-bond donors (Lipinski definition) is 1. The lowest BCUT2D eigenvalue weighted by Gasteiger charge is -2.59. The normalized spacial score (nSPS) is 43.5. The maximum Gasteiger partial charge on any atom is 0.303 e. The minimum Gasteiger partial charge on any atom is -0.458 e. The first kappa shape index (κ1) is 20.5. The Morgan fingerprint density at radius 2 is 2.03 bits per heavy atom. The van der Waals surface area contributed by atoms with Gasteiger partial charge in [0.15, 0.2) is 11.6 Å². The van der Waals surface area contributed by atoms with E-state index in [1.54, 1.807) is 6.08 Å². The van der Waals surface area contributed by atoms with Gasteiger partial charge in [-0.15, -0.1) is 0 Å². The van der Waals surface area contributed by atoms with Crippen LogP contribution < -0.4 is 0 Å². The lowest BCUT2D eigenvalue weighted by Crippen LogP contribution is -2.58. The monoisotopic (exact) mass is 402 g/mol. The number of carbonyl (C=O) groups excluding carboxylic acids is 4. The summed E-state index contributed by atoms with van der Waals surface area (Å²) in [6.45, 7) is 3.12. The molecule has 3 saturated carbocycles. The molecule has 0 bridgehead atoms. The molecular formula is C23H30O6. The third kappa shape index (κ3) is 3.02. The van der Waals surface area contributed by atoms with E-state index in [1.165, 1.54) is 6.92 Å². The summed E-state index contributed by atoms with van der Waals surface area (Å²) in [6, 6.07) is 0. The van der Waals surface area contributed by atoms with Crippen LogP contribution in [0.5, 0.6) is 0 Å². The minimum absolute atomic E-state index is 0.0102. The first-order chi connectivity index (χ1) is 13.7. The Kier molecular flexibility index (Phi) is 5.04. The second-order valence-corrected chi connectivity index (χ2v) is 9.77. The molecule has 1 N–H and O–H groups in total. The number of aliphatic hydroxyl groups is 1.